The Morgan fingerprint density at radius 1 is 1.38 bits per heavy atom. The van der Waals surface area contributed by atoms with E-state index in [1.54, 1.807) is 0 Å². The molecule has 0 saturated carbocycles. The van der Waals surface area contributed by atoms with E-state index >= 15 is 0 Å². The van der Waals surface area contributed by atoms with Gasteiger partial charge in [0.2, 0.25) is 11.8 Å². The molecule has 90 valence electrons. The van der Waals surface area contributed by atoms with Crippen LogP contribution in [0.25, 0.3) is 0 Å². The number of hydrogen-bond acceptors (Lipinski definition) is 4. The third kappa shape index (κ3) is 3.50. The van der Waals surface area contributed by atoms with Crippen molar-refractivity contribution in [2.45, 2.75) is 6.42 Å². The first kappa shape index (κ1) is 12.4. The van der Waals surface area contributed by atoms with E-state index in [1.165, 1.54) is 0 Å². The molecule has 3 N–H and O–H groups in total. The molecule has 1 atom stereocenters. The molecule has 1 aliphatic heterocycles. The predicted octanol–water partition coefficient (Wildman–Crippen LogP) is -1.58. The minimum atomic E-state index is -1.17. The van der Waals surface area contributed by atoms with Crippen molar-refractivity contribution in [3.63, 3.8) is 0 Å². The van der Waals surface area contributed by atoms with Gasteiger partial charge in [0, 0.05) is 6.61 Å². The van der Waals surface area contributed by atoms with E-state index in [0.717, 1.165) is 4.90 Å². The molecule has 0 spiro atoms. The smallest absolute Gasteiger partial charge is 0.323 e. The van der Waals surface area contributed by atoms with E-state index in [2.05, 4.69) is 0 Å². The second-order valence-electron chi connectivity index (χ2n) is 3.61. The maximum atomic E-state index is 11.8. The highest BCUT2D eigenvalue weighted by atomic mass is 16.5. The zero-order valence-corrected chi connectivity index (χ0v) is 8.72. The molecule has 1 unspecified atom stereocenters. The SMILES string of the molecule is NC(=O)CN(CC(=O)O)C(=O)C1CCOC1. The average molecular weight is 230 g/mol. The Labute approximate surface area is 92.1 Å². The molecular weight excluding hydrogens is 216 g/mol. The van der Waals surface area contributed by atoms with Crippen molar-refractivity contribution >= 4 is 17.8 Å². The number of ether oxygens (including phenoxy) is 1. The van der Waals surface area contributed by atoms with Gasteiger partial charge in [-0.05, 0) is 6.42 Å². The monoisotopic (exact) mass is 230 g/mol. The van der Waals surface area contributed by atoms with Gasteiger partial charge in [0.25, 0.3) is 0 Å². The van der Waals surface area contributed by atoms with Crippen molar-refractivity contribution in [2.24, 2.45) is 11.7 Å². The third-order valence-electron chi connectivity index (χ3n) is 2.26. The number of amides is 2. The minimum Gasteiger partial charge on any atom is -0.480 e. The second kappa shape index (κ2) is 5.45. The van der Waals surface area contributed by atoms with Crippen molar-refractivity contribution in [2.75, 3.05) is 26.3 Å². The lowest BCUT2D eigenvalue weighted by Crippen LogP contribution is -2.44. The first-order valence-electron chi connectivity index (χ1n) is 4.87. The van der Waals surface area contributed by atoms with Crippen LogP contribution in [0.2, 0.25) is 0 Å². The Balaban J connectivity index is 2.62. The second-order valence-corrected chi connectivity index (χ2v) is 3.61. The average Bonchev–Trinajstić information content (AvgIpc) is 2.66. The summed E-state index contributed by atoms with van der Waals surface area (Å²) in [6, 6.07) is 0. The van der Waals surface area contributed by atoms with Gasteiger partial charge in [0.15, 0.2) is 0 Å². The predicted molar refractivity (Wildman–Crippen MR) is 52.3 cm³/mol. The van der Waals surface area contributed by atoms with Crippen molar-refractivity contribution in [3.8, 4) is 0 Å². The summed E-state index contributed by atoms with van der Waals surface area (Å²) in [4.78, 5) is 34.0. The summed E-state index contributed by atoms with van der Waals surface area (Å²) in [5.74, 6) is -2.65. The fourth-order valence-electron chi connectivity index (χ4n) is 1.55. The van der Waals surface area contributed by atoms with E-state index in [0.29, 0.717) is 13.0 Å². The quantitative estimate of drug-likeness (QED) is 0.592. The number of carbonyl (C=O) groups excluding carboxylic acids is 2. The molecule has 7 nitrogen and oxygen atoms in total. The summed E-state index contributed by atoms with van der Waals surface area (Å²) in [7, 11) is 0. The van der Waals surface area contributed by atoms with Gasteiger partial charge in [-0.25, -0.2) is 0 Å². The number of aliphatic carboxylic acids is 1. The number of nitrogens with zero attached hydrogens (tertiary/aromatic N) is 1. The Bertz CT molecular complexity index is 282. The lowest BCUT2D eigenvalue weighted by molar-refractivity contribution is -0.147. The first-order valence-corrected chi connectivity index (χ1v) is 4.87. The number of carboxylic acid groups (broad SMARTS) is 1. The highest BCUT2D eigenvalue weighted by molar-refractivity contribution is 5.88. The molecule has 7 heteroatoms. The maximum absolute atomic E-state index is 11.8. The topological polar surface area (TPSA) is 110 Å². The molecule has 1 saturated heterocycles. The number of rotatable bonds is 5. The van der Waals surface area contributed by atoms with Crippen LogP contribution in [0.3, 0.4) is 0 Å². The van der Waals surface area contributed by atoms with E-state index in [1.807, 2.05) is 0 Å². The van der Waals surface area contributed by atoms with Crippen LogP contribution in [0.5, 0.6) is 0 Å². The van der Waals surface area contributed by atoms with Gasteiger partial charge in [0.05, 0.1) is 19.1 Å². The summed E-state index contributed by atoms with van der Waals surface area (Å²) >= 11 is 0. The summed E-state index contributed by atoms with van der Waals surface area (Å²) < 4.78 is 5.03. The first-order chi connectivity index (χ1) is 7.50. The van der Waals surface area contributed by atoms with Gasteiger partial charge < -0.3 is 20.5 Å². The molecule has 0 aromatic carbocycles. The molecule has 0 aromatic rings. The van der Waals surface area contributed by atoms with Gasteiger partial charge in [-0.2, -0.15) is 0 Å². The van der Waals surface area contributed by atoms with Crippen LogP contribution in [0.1, 0.15) is 6.42 Å². The third-order valence-corrected chi connectivity index (χ3v) is 2.26. The van der Waals surface area contributed by atoms with Gasteiger partial charge in [-0.15, -0.1) is 0 Å². The Morgan fingerprint density at radius 2 is 2.06 bits per heavy atom. The maximum Gasteiger partial charge on any atom is 0.323 e. The highest BCUT2D eigenvalue weighted by Gasteiger charge is 2.29. The van der Waals surface area contributed by atoms with Crippen molar-refractivity contribution in [3.05, 3.63) is 0 Å². The van der Waals surface area contributed by atoms with Crippen molar-refractivity contribution < 1.29 is 24.2 Å². The van der Waals surface area contributed by atoms with Gasteiger partial charge in [0.1, 0.15) is 6.54 Å². The molecule has 0 aliphatic carbocycles. The normalized spacial score (nSPS) is 19.4. The molecule has 2 amide bonds. The molecule has 0 radical (unpaired) electrons. The Kier molecular flexibility index (Phi) is 4.24. The zero-order chi connectivity index (χ0) is 12.1. The fourth-order valence-corrected chi connectivity index (χ4v) is 1.55. The van der Waals surface area contributed by atoms with E-state index in [-0.39, 0.29) is 19.1 Å². The van der Waals surface area contributed by atoms with Crippen molar-refractivity contribution in [1.82, 2.24) is 4.90 Å². The number of carboxylic acids is 1. The largest absolute Gasteiger partial charge is 0.480 e. The molecule has 1 rings (SSSR count). The summed E-state index contributed by atoms with van der Waals surface area (Å²) in [5.41, 5.74) is 4.95. The van der Waals surface area contributed by atoms with Crippen LogP contribution < -0.4 is 5.73 Å². The molecule has 1 fully saturated rings. The molecule has 1 heterocycles. The van der Waals surface area contributed by atoms with Crippen LogP contribution in [-0.4, -0.2) is 54.1 Å². The standard InChI is InChI=1S/C9H14N2O5/c10-7(12)3-11(4-8(13)14)9(15)6-1-2-16-5-6/h6H,1-5H2,(H2,10,12)(H,13,14). The molecule has 0 aromatic heterocycles. The van der Waals surface area contributed by atoms with Crippen LogP contribution in [0, 0.1) is 5.92 Å². The lowest BCUT2D eigenvalue weighted by atomic mass is 10.1. The minimum absolute atomic E-state index is 0.272. The zero-order valence-electron chi connectivity index (χ0n) is 8.72. The van der Waals surface area contributed by atoms with Crippen molar-refractivity contribution in [1.29, 1.82) is 0 Å². The van der Waals surface area contributed by atoms with Crippen LogP contribution >= 0.6 is 0 Å². The molecule has 1 aliphatic rings. The molecular formula is C9H14N2O5. The van der Waals surface area contributed by atoms with E-state index in [4.69, 9.17) is 15.6 Å². The highest BCUT2D eigenvalue weighted by Crippen LogP contribution is 2.15. The van der Waals surface area contributed by atoms with E-state index in [9.17, 15) is 14.4 Å². The van der Waals surface area contributed by atoms with E-state index < -0.39 is 24.3 Å². The number of hydrogen-bond donors (Lipinski definition) is 2. The summed E-state index contributed by atoms with van der Waals surface area (Å²) in [5, 5.41) is 8.61. The molecule has 16 heavy (non-hydrogen) atoms. The Morgan fingerprint density at radius 3 is 2.50 bits per heavy atom. The van der Waals surface area contributed by atoms with Gasteiger partial charge >= 0.3 is 5.97 Å². The van der Waals surface area contributed by atoms with Gasteiger partial charge in [-0.1, -0.05) is 0 Å². The van der Waals surface area contributed by atoms with Crippen LogP contribution in [0.4, 0.5) is 0 Å². The lowest BCUT2D eigenvalue weighted by Gasteiger charge is -2.21. The van der Waals surface area contributed by atoms with Gasteiger partial charge in [-0.3, -0.25) is 14.4 Å². The summed E-state index contributed by atoms with van der Waals surface area (Å²) in [6.07, 6.45) is 0.549. The van der Waals surface area contributed by atoms with Crippen LogP contribution in [-0.2, 0) is 19.1 Å². The van der Waals surface area contributed by atoms with Crippen LogP contribution in [0.15, 0.2) is 0 Å². The fraction of sp³-hybridized carbons (Fsp3) is 0.667. The number of carbonyl (C=O) groups is 3. The Hall–Kier alpha value is -1.63. The summed E-state index contributed by atoms with van der Waals surface area (Å²) in [6.45, 7) is -0.137. The molecule has 0 bridgehead atoms. The number of primary amides is 1. The number of nitrogens with two attached hydrogens (primary N) is 1.